The van der Waals surface area contributed by atoms with E-state index in [2.05, 4.69) is 55.3 Å². The highest BCUT2D eigenvalue weighted by atomic mass is 79.9. The Bertz CT molecular complexity index is 1190. The molecule has 3 aliphatic heterocycles. The number of amidine groups is 1. The van der Waals surface area contributed by atoms with E-state index in [4.69, 9.17) is 4.99 Å². The number of halogens is 1. The molecule has 1 saturated carbocycles. The number of carbonyl (C=O) groups excluding carboxylic acids is 1. The van der Waals surface area contributed by atoms with Crippen molar-refractivity contribution in [3.63, 3.8) is 0 Å². The molecular formula is C32H41BrN4O. The van der Waals surface area contributed by atoms with Gasteiger partial charge in [0.15, 0.2) is 6.29 Å². The van der Waals surface area contributed by atoms with Crippen LogP contribution >= 0.6 is 15.9 Å². The molecule has 0 atom stereocenters. The third-order valence-electron chi connectivity index (χ3n) is 9.76. The average molecular weight is 578 g/mol. The normalized spacial score (nSPS) is 23.7. The van der Waals surface area contributed by atoms with Gasteiger partial charge in [0.2, 0.25) is 0 Å². The van der Waals surface area contributed by atoms with Gasteiger partial charge in [-0.25, -0.2) is 0 Å². The maximum atomic E-state index is 12.3. The molecule has 0 aromatic heterocycles. The van der Waals surface area contributed by atoms with Gasteiger partial charge in [-0.2, -0.15) is 0 Å². The number of aliphatic imine (C=N–C) groups is 1. The summed E-state index contributed by atoms with van der Waals surface area (Å²) >= 11 is 3.64. The van der Waals surface area contributed by atoms with Crippen molar-refractivity contribution in [2.45, 2.75) is 69.1 Å². The van der Waals surface area contributed by atoms with Crippen molar-refractivity contribution in [2.24, 2.45) is 10.9 Å². The van der Waals surface area contributed by atoms with Gasteiger partial charge in [0, 0.05) is 18.1 Å². The van der Waals surface area contributed by atoms with Crippen LogP contribution in [0.3, 0.4) is 0 Å². The number of rotatable bonds is 5. The SMILES string of the molecule is CN=C1N(c2cccc(Br)c2C=O)c2cc(C3CCN(CC4CCNCC4)CC3)ccc2C12CCCCC2. The quantitative estimate of drug-likeness (QED) is 0.396. The molecule has 1 spiro atoms. The molecule has 2 aromatic rings. The van der Waals surface area contributed by atoms with E-state index in [0.29, 0.717) is 11.5 Å². The largest absolute Gasteiger partial charge is 0.317 e. The number of hydrogen-bond acceptors (Lipinski definition) is 4. The summed E-state index contributed by atoms with van der Waals surface area (Å²) in [6.07, 6.45) is 12.1. The Morgan fingerprint density at radius 1 is 1.03 bits per heavy atom. The van der Waals surface area contributed by atoms with Crippen molar-refractivity contribution in [1.82, 2.24) is 10.2 Å². The van der Waals surface area contributed by atoms with Crippen molar-refractivity contribution in [3.8, 4) is 0 Å². The van der Waals surface area contributed by atoms with Crippen molar-refractivity contribution >= 4 is 39.4 Å². The Morgan fingerprint density at radius 3 is 2.50 bits per heavy atom. The lowest BCUT2D eigenvalue weighted by molar-refractivity contribution is 0.112. The van der Waals surface area contributed by atoms with Gasteiger partial charge >= 0.3 is 0 Å². The Hall–Kier alpha value is -2.02. The maximum Gasteiger partial charge on any atom is 0.153 e. The molecule has 0 unspecified atom stereocenters. The predicted octanol–water partition coefficient (Wildman–Crippen LogP) is 6.82. The second-order valence-electron chi connectivity index (χ2n) is 11.9. The van der Waals surface area contributed by atoms with Gasteiger partial charge < -0.3 is 10.2 Å². The first-order chi connectivity index (χ1) is 18.6. The zero-order chi connectivity index (χ0) is 26.1. The molecule has 2 saturated heterocycles. The first-order valence-electron chi connectivity index (χ1n) is 14.7. The standard InChI is InChI=1S/C32H41BrN4O/c1-34-31-32(14-3-2-4-15-32)27-9-8-25(20-30(27)37(31)29-7-5-6-28(33)26(29)22-38)24-12-18-36(19-13-24)21-23-10-16-35-17-11-23/h5-9,20,22-24,35H,2-4,10-19,21H2,1H3. The molecule has 0 bridgehead atoms. The van der Waals surface area contributed by atoms with Gasteiger partial charge in [-0.1, -0.05) is 37.5 Å². The van der Waals surface area contributed by atoms with Crippen molar-refractivity contribution in [2.75, 3.05) is 44.7 Å². The van der Waals surface area contributed by atoms with Gasteiger partial charge in [-0.05, 0) is 122 Å². The fraction of sp³-hybridized carbons (Fsp3) is 0.562. The van der Waals surface area contributed by atoms with Crippen LogP contribution in [0.2, 0.25) is 0 Å². The van der Waals surface area contributed by atoms with E-state index in [1.54, 1.807) is 0 Å². The summed E-state index contributed by atoms with van der Waals surface area (Å²) in [5, 5.41) is 3.50. The van der Waals surface area contributed by atoms with Crippen LogP contribution in [-0.2, 0) is 5.41 Å². The van der Waals surface area contributed by atoms with Crippen molar-refractivity contribution in [1.29, 1.82) is 0 Å². The molecule has 3 fully saturated rings. The molecule has 38 heavy (non-hydrogen) atoms. The number of nitrogens with zero attached hydrogens (tertiary/aromatic N) is 3. The van der Waals surface area contributed by atoms with Gasteiger partial charge in [-0.3, -0.25) is 14.7 Å². The minimum Gasteiger partial charge on any atom is -0.317 e. The molecule has 2 aromatic carbocycles. The van der Waals surface area contributed by atoms with Crippen LogP contribution in [0.4, 0.5) is 11.4 Å². The number of likely N-dealkylation sites (tertiary alicyclic amines) is 1. The third-order valence-corrected chi connectivity index (χ3v) is 10.5. The predicted molar refractivity (Wildman–Crippen MR) is 160 cm³/mol. The first kappa shape index (κ1) is 26.2. The summed E-state index contributed by atoms with van der Waals surface area (Å²) in [6.45, 7) is 6.02. The summed E-state index contributed by atoms with van der Waals surface area (Å²) in [7, 11) is 1.93. The molecule has 1 aliphatic carbocycles. The summed E-state index contributed by atoms with van der Waals surface area (Å²) in [4.78, 5) is 22.2. The fourth-order valence-electron chi connectivity index (χ4n) is 7.76. The second-order valence-corrected chi connectivity index (χ2v) is 12.7. The number of fused-ring (bicyclic) bond motifs is 2. The number of benzene rings is 2. The van der Waals surface area contributed by atoms with E-state index in [1.165, 1.54) is 94.5 Å². The van der Waals surface area contributed by atoms with Gasteiger partial charge in [-0.15, -0.1) is 0 Å². The number of aldehydes is 1. The lowest BCUT2D eigenvalue weighted by atomic mass is 9.69. The highest BCUT2D eigenvalue weighted by molar-refractivity contribution is 9.10. The van der Waals surface area contributed by atoms with Crippen LogP contribution in [0.5, 0.6) is 0 Å². The third kappa shape index (κ3) is 4.67. The van der Waals surface area contributed by atoms with E-state index in [9.17, 15) is 4.79 Å². The van der Waals surface area contributed by atoms with E-state index < -0.39 is 0 Å². The van der Waals surface area contributed by atoms with Gasteiger partial charge in [0.25, 0.3) is 0 Å². The molecule has 1 N–H and O–H groups in total. The first-order valence-corrected chi connectivity index (χ1v) is 15.5. The van der Waals surface area contributed by atoms with E-state index in [0.717, 1.165) is 41.0 Å². The highest BCUT2D eigenvalue weighted by Crippen LogP contribution is 2.54. The summed E-state index contributed by atoms with van der Waals surface area (Å²) in [6, 6.07) is 13.4. The Balaban J connectivity index is 1.32. The summed E-state index contributed by atoms with van der Waals surface area (Å²) in [5.41, 5.74) is 5.67. The topological polar surface area (TPSA) is 47.9 Å². The lowest BCUT2D eigenvalue weighted by Gasteiger charge is -2.36. The summed E-state index contributed by atoms with van der Waals surface area (Å²) < 4.78 is 0.837. The van der Waals surface area contributed by atoms with Crippen LogP contribution in [0.15, 0.2) is 45.9 Å². The van der Waals surface area contributed by atoms with Crippen LogP contribution in [0, 0.1) is 5.92 Å². The molecule has 6 heteroatoms. The molecule has 0 amide bonds. The lowest BCUT2D eigenvalue weighted by Crippen LogP contribution is -2.40. The molecule has 202 valence electrons. The minimum absolute atomic E-state index is 0.0540. The van der Waals surface area contributed by atoms with Crippen LogP contribution in [-0.4, -0.2) is 56.8 Å². The Morgan fingerprint density at radius 2 is 1.79 bits per heavy atom. The zero-order valence-corrected chi connectivity index (χ0v) is 24.3. The molecule has 6 rings (SSSR count). The smallest absolute Gasteiger partial charge is 0.153 e. The number of carbonyl (C=O) groups is 1. The number of anilines is 2. The maximum absolute atomic E-state index is 12.3. The average Bonchev–Trinajstić information content (AvgIpc) is 3.22. The van der Waals surface area contributed by atoms with Crippen LogP contribution in [0.25, 0.3) is 0 Å². The molecule has 5 nitrogen and oxygen atoms in total. The number of nitrogens with one attached hydrogen (secondary N) is 1. The van der Waals surface area contributed by atoms with Crippen molar-refractivity contribution in [3.05, 3.63) is 57.6 Å². The second kappa shape index (κ2) is 11.2. The Kier molecular flexibility index (Phi) is 7.75. The fourth-order valence-corrected chi connectivity index (χ4v) is 8.21. The molecule has 3 heterocycles. The van der Waals surface area contributed by atoms with Crippen LogP contribution < -0.4 is 10.2 Å². The number of piperidine rings is 2. The van der Waals surface area contributed by atoms with E-state index >= 15 is 0 Å². The number of hydrogen-bond donors (Lipinski definition) is 1. The van der Waals surface area contributed by atoms with E-state index in [-0.39, 0.29) is 5.41 Å². The van der Waals surface area contributed by atoms with E-state index in [1.807, 2.05) is 19.2 Å². The van der Waals surface area contributed by atoms with Gasteiger partial charge in [0.05, 0.1) is 22.4 Å². The minimum atomic E-state index is -0.0540. The van der Waals surface area contributed by atoms with Gasteiger partial charge in [0.1, 0.15) is 5.84 Å². The van der Waals surface area contributed by atoms with Crippen LogP contribution in [0.1, 0.15) is 85.2 Å². The molecule has 0 radical (unpaired) electrons. The summed E-state index contributed by atoms with van der Waals surface area (Å²) in [5.74, 6) is 2.56. The highest BCUT2D eigenvalue weighted by Gasteiger charge is 2.50. The monoisotopic (exact) mass is 576 g/mol. The molecule has 4 aliphatic rings. The zero-order valence-electron chi connectivity index (χ0n) is 22.7. The molecular weight excluding hydrogens is 536 g/mol. The Labute approximate surface area is 236 Å². The van der Waals surface area contributed by atoms with Crippen molar-refractivity contribution < 1.29 is 4.79 Å².